The quantitative estimate of drug-likeness (QED) is 0.408. The number of esters is 1. The number of carbonyl (C=O) groups excluding carboxylic acids is 3. The van der Waals surface area contributed by atoms with Crippen molar-refractivity contribution in [3.63, 3.8) is 0 Å². The van der Waals surface area contributed by atoms with Crippen molar-refractivity contribution in [1.82, 2.24) is 0 Å². The average molecular weight is 453 g/mol. The highest BCUT2D eigenvalue weighted by Crippen LogP contribution is 2.38. The largest absolute Gasteiger partial charge is 0.493 e. The molecule has 2 aromatic rings. The SMILES string of the molecule is CC(C)COC(=O)c1cc(OCC(C)C)c2c(c1)C(=O)c1cccc(OCC(C)C)c1C2=O. The third-order valence-electron chi connectivity index (χ3n) is 5.00. The molecular formula is C27H32O6. The number of hydrogen-bond acceptors (Lipinski definition) is 6. The smallest absolute Gasteiger partial charge is 0.338 e. The van der Waals surface area contributed by atoms with Gasteiger partial charge in [-0.3, -0.25) is 9.59 Å². The maximum Gasteiger partial charge on any atom is 0.338 e. The summed E-state index contributed by atoms with van der Waals surface area (Å²) in [4.78, 5) is 39.8. The summed E-state index contributed by atoms with van der Waals surface area (Å²) in [6.45, 7) is 12.9. The third kappa shape index (κ3) is 5.44. The predicted molar refractivity (Wildman–Crippen MR) is 126 cm³/mol. The van der Waals surface area contributed by atoms with Crippen LogP contribution in [-0.4, -0.2) is 37.4 Å². The van der Waals surface area contributed by atoms with E-state index in [-0.39, 0.29) is 69.5 Å². The molecule has 6 nitrogen and oxygen atoms in total. The Morgan fingerprint density at radius 3 is 1.91 bits per heavy atom. The maximum absolute atomic E-state index is 13.7. The van der Waals surface area contributed by atoms with Gasteiger partial charge in [-0.05, 0) is 36.0 Å². The van der Waals surface area contributed by atoms with Crippen LogP contribution in [0.15, 0.2) is 30.3 Å². The van der Waals surface area contributed by atoms with Crippen LogP contribution in [0.3, 0.4) is 0 Å². The van der Waals surface area contributed by atoms with Crippen molar-refractivity contribution in [1.29, 1.82) is 0 Å². The van der Waals surface area contributed by atoms with Crippen molar-refractivity contribution >= 4 is 17.5 Å². The van der Waals surface area contributed by atoms with Gasteiger partial charge in [0.25, 0.3) is 0 Å². The van der Waals surface area contributed by atoms with E-state index in [0.717, 1.165) is 0 Å². The topological polar surface area (TPSA) is 78.9 Å². The van der Waals surface area contributed by atoms with E-state index < -0.39 is 5.97 Å². The minimum absolute atomic E-state index is 0.145. The van der Waals surface area contributed by atoms with Crippen molar-refractivity contribution in [2.24, 2.45) is 17.8 Å². The first-order valence-electron chi connectivity index (χ1n) is 11.4. The van der Waals surface area contributed by atoms with Gasteiger partial charge in [0, 0.05) is 11.1 Å². The number of ether oxygens (including phenoxy) is 3. The van der Waals surface area contributed by atoms with Crippen LogP contribution in [0.25, 0.3) is 0 Å². The van der Waals surface area contributed by atoms with Crippen LogP contribution in [0.5, 0.6) is 11.5 Å². The van der Waals surface area contributed by atoms with Crippen LogP contribution in [-0.2, 0) is 4.74 Å². The van der Waals surface area contributed by atoms with E-state index in [1.165, 1.54) is 12.1 Å². The summed E-state index contributed by atoms with van der Waals surface area (Å²) in [7, 11) is 0. The predicted octanol–water partition coefficient (Wildman–Crippen LogP) is 5.34. The zero-order valence-electron chi connectivity index (χ0n) is 20.2. The standard InChI is InChI=1S/C27H32O6/c1-15(2)12-31-21-9-7-8-19-23(21)26(29)24-20(25(19)28)10-18(27(30)33-14-17(5)6)11-22(24)32-13-16(3)4/h7-11,15-17H,12-14H2,1-6H3. The summed E-state index contributed by atoms with van der Waals surface area (Å²) in [6.07, 6.45) is 0. The molecule has 0 fully saturated rings. The lowest BCUT2D eigenvalue weighted by Gasteiger charge is -2.24. The van der Waals surface area contributed by atoms with E-state index >= 15 is 0 Å². The number of benzene rings is 2. The molecule has 1 aliphatic carbocycles. The van der Waals surface area contributed by atoms with Crippen LogP contribution in [0.4, 0.5) is 0 Å². The average Bonchev–Trinajstić information content (AvgIpc) is 2.77. The Bertz CT molecular complexity index is 1060. The van der Waals surface area contributed by atoms with E-state index in [4.69, 9.17) is 14.2 Å². The molecule has 0 saturated heterocycles. The van der Waals surface area contributed by atoms with E-state index in [9.17, 15) is 14.4 Å². The first-order chi connectivity index (χ1) is 15.6. The molecule has 0 atom stereocenters. The van der Waals surface area contributed by atoms with Gasteiger partial charge in [0.15, 0.2) is 5.78 Å². The normalized spacial score (nSPS) is 12.8. The molecule has 0 aromatic heterocycles. The van der Waals surface area contributed by atoms with Gasteiger partial charge in [0.1, 0.15) is 11.5 Å². The summed E-state index contributed by atoms with van der Waals surface area (Å²) in [5, 5.41) is 0. The molecule has 33 heavy (non-hydrogen) atoms. The molecule has 0 unspecified atom stereocenters. The second-order valence-corrected chi connectivity index (χ2v) is 9.64. The van der Waals surface area contributed by atoms with Gasteiger partial charge in [-0.1, -0.05) is 53.7 Å². The first kappa shape index (κ1) is 24.5. The molecule has 0 heterocycles. The zero-order valence-corrected chi connectivity index (χ0v) is 20.2. The van der Waals surface area contributed by atoms with Gasteiger partial charge < -0.3 is 14.2 Å². The summed E-state index contributed by atoms with van der Waals surface area (Å²) < 4.78 is 17.2. The van der Waals surface area contributed by atoms with Crippen LogP contribution in [0, 0.1) is 17.8 Å². The van der Waals surface area contributed by atoms with Gasteiger partial charge in [-0.15, -0.1) is 0 Å². The minimum Gasteiger partial charge on any atom is -0.493 e. The van der Waals surface area contributed by atoms with Crippen LogP contribution in [0.1, 0.15) is 83.7 Å². The monoisotopic (exact) mass is 452 g/mol. The van der Waals surface area contributed by atoms with E-state index in [0.29, 0.717) is 19.0 Å². The van der Waals surface area contributed by atoms with Gasteiger partial charge in [-0.25, -0.2) is 4.79 Å². The van der Waals surface area contributed by atoms with Gasteiger partial charge in [0.05, 0.1) is 36.5 Å². The Hall–Kier alpha value is -3.15. The number of fused-ring (bicyclic) bond motifs is 2. The van der Waals surface area contributed by atoms with Gasteiger partial charge >= 0.3 is 5.97 Å². The molecule has 6 heteroatoms. The summed E-state index contributed by atoms with van der Waals surface area (Å²) in [6, 6.07) is 7.94. The van der Waals surface area contributed by atoms with Gasteiger partial charge in [0.2, 0.25) is 5.78 Å². The number of hydrogen-bond donors (Lipinski definition) is 0. The lowest BCUT2D eigenvalue weighted by atomic mass is 9.82. The highest BCUT2D eigenvalue weighted by molar-refractivity contribution is 6.30. The Balaban J connectivity index is 2.11. The number of rotatable bonds is 9. The fraction of sp³-hybridized carbons (Fsp3) is 0.444. The molecule has 1 aliphatic rings. The van der Waals surface area contributed by atoms with E-state index in [1.807, 2.05) is 41.5 Å². The second kappa shape index (κ2) is 10.2. The fourth-order valence-electron chi connectivity index (χ4n) is 3.44. The molecule has 2 aromatic carbocycles. The highest BCUT2D eigenvalue weighted by atomic mass is 16.5. The molecule has 0 radical (unpaired) electrons. The summed E-state index contributed by atoms with van der Waals surface area (Å²) >= 11 is 0. The Labute approximate surface area is 195 Å². The van der Waals surface area contributed by atoms with Crippen molar-refractivity contribution < 1.29 is 28.6 Å². The lowest BCUT2D eigenvalue weighted by Crippen LogP contribution is -2.25. The van der Waals surface area contributed by atoms with E-state index in [1.54, 1.807) is 18.2 Å². The Kier molecular flexibility index (Phi) is 7.57. The molecule has 0 spiro atoms. The van der Waals surface area contributed by atoms with Crippen molar-refractivity contribution in [3.05, 3.63) is 58.1 Å². The highest BCUT2D eigenvalue weighted by Gasteiger charge is 2.36. The molecule has 0 saturated carbocycles. The molecule has 0 aliphatic heterocycles. The number of carbonyl (C=O) groups is 3. The zero-order chi connectivity index (χ0) is 24.3. The molecule has 176 valence electrons. The maximum atomic E-state index is 13.7. The summed E-state index contributed by atoms with van der Waals surface area (Å²) in [5.41, 5.74) is 0.988. The molecule has 3 rings (SSSR count). The van der Waals surface area contributed by atoms with Crippen molar-refractivity contribution in [3.8, 4) is 11.5 Å². The Morgan fingerprint density at radius 1 is 0.727 bits per heavy atom. The van der Waals surface area contributed by atoms with Crippen molar-refractivity contribution in [2.45, 2.75) is 41.5 Å². The summed E-state index contributed by atoms with van der Waals surface area (Å²) in [5.74, 6) is -0.0534. The lowest BCUT2D eigenvalue weighted by molar-refractivity contribution is 0.0458. The van der Waals surface area contributed by atoms with Crippen LogP contribution < -0.4 is 9.47 Å². The minimum atomic E-state index is -0.555. The first-order valence-corrected chi connectivity index (χ1v) is 11.4. The van der Waals surface area contributed by atoms with Crippen LogP contribution >= 0.6 is 0 Å². The molecule has 0 amide bonds. The third-order valence-corrected chi connectivity index (χ3v) is 5.00. The molecule has 0 N–H and O–H groups in total. The molecule has 0 bridgehead atoms. The second-order valence-electron chi connectivity index (χ2n) is 9.64. The van der Waals surface area contributed by atoms with E-state index in [2.05, 4.69) is 0 Å². The van der Waals surface area contributed by atoms with Crippen molar-refractivity contribution in [2.75, 3.05) is 19.8 Å². The van der Waals surface area contributed by atoms with Gasteiger partial charge in [-0.2, -0.15) is 0 Å². The van der Waals surface area contributed by atoms with Crippen LogP contribution in [0.2, 0.25) is 0 Å². The Morgan fingerprint density at radius 2 is 1.30 bits per heavy atom. The number of ketones is 2. The fourth-order valence-corrected chi connectivity index (χ4v) is 3.44. The molecular weight excluding hydrogens is 420 g/mol.